The van der Waals surface area contributed by atoms with Crippen molar-refractivity contribution in [3.05, 3.63) is 28.5 Å². The lowest BCUT2D eigenvalue weighted by molar-refractivity contribution is 0.275. The molecule has 3 heteroatoms. The van der Waals surface area contributed by atoms with Crippen LogP contribution in [0.4, 0.5) is 0 Å². The minimum absolute atomic E-state index is 0.723. The van der Waals surface area contributed by atoms with E-state index in [-0.39, 0.29) is 0 Å². The Balaban J connectivity index is 2.38. The zero-order valence-corrected chi connectivity index (χ0v) is 12.8. The summed E-state index contributed by atoms with van der Waals surface area (Å²) in [6.07, 6.45) is 1.85. The molecule has 0 saturated carbocycles. The van der Waals surface area contributed by atoms with Crippen LogP contribution in [0, 0.1) is 17.8 Å². The van der Waals surface area contributed by atoms with Crippen LogP contribution >= 0.6 is 15.9 Å². The normalized spacial score (nSPS) is 11.8. The standard InChI is InChI=1S/C14H23BrN2/c1-10(2)14(11(3)4)9-16-8-13-6-5-12(15)7-17-13/h5-7,10-11,14,16H,8-9H2,1-4H3. The molecule has 1 rings (SSSR count). The van der Waals surface area contributed by atoms with Crippen LogP contribution in [0.5, 0.6) is 0 Å². The number of aromatic nitrogens is 1. The Kier molecular flexibility index (Phi) is 6.14. The summed E-state index contributed by atoms with van der Waals surface area (Å²) in [6, 6.07) is 4.09. The number of hydrogen-bond acceptors (Lipinski definition) is 2. The van der Waals surface area contributed by atoms with E-state index in [1.165, 1.54) is 0 Å². The lowest BCUT2D eigenvalue weighted by Gasteiger charge is -2.25. The summed E-state index contributed by atoms with van der Waals surface area (Å²) >= 11 is 3.39. The van der Waals surface area contributed by atoms with Gasteiger partial charge in [0.25, 0.3) is 0 Å². The molecule has 0 saturated heterocycles. The van der Waals surface area contributed by atoms with Gasteiger partial charge >= 0.3 is 0 Å². The van der Waals surface area contributed by atoms with Gasteiger partial charge in [0.1, 0.15) is 0 Å². The fourth-order valence-electron chi connectivity index (χ4n) is 2.12. The average molecular weight is 299 g/mol. The second-order valence-corrected chi connectivity index (χ2v) is 6.17. The Morgan fingerprint density at radius 1 is 1.18 bits per heavy atom. The van der Waals surface area contributed by atoms with Gasteiger partial charge < -0.3 is 5.32 Å². The second-order valence-electron chi connectivity index (χ2n) is 5.25. The van der Waals surface area contributed by atoms with Crippen LogP contribution in [0.15, 0.2) is 22.8 Å². The van der Waals surface area contributed by atoms with Gasteiger partial charge in [-0.3, -0.25) is 4.98 Å². The lowest BCUT2D eigenvalue weighted by atomic mass is 9.85. The molecule has 0 aliphatic rings. The predicted molar refractivity (Wildman–Crippen MR) is 76.8 cm³/mol. The Bertz CT molecular complexity index is 311. The topological polar surface area (TPSA) is 24.9 Å². The van der Waals surface area contributed by atoms with Gasteiger partial charge in [0.05, 0.1) is 5.69 Å². The maximum absolute atomic E-state index is 4.36. The molecule has 17 heavy (non-hydrogen) atoms. The first-order valence-corrected chi connectivity index (χ1v) is 7.11. The molecule has 1 aromatic rings. The molecule has 0 unspecified atom stereocenters. The van der Waals surface area contributed by atoms with Crippen molar-refractivity contribution in [2.24, 2.45) is 17.8 Å². The number of pyridine rings is 1. The highest BCUT2D eigenvalue weighted by Crippen LogP contribution is 2.19. The van der Waals surface area contributed by atoms with Crippen molar-refractivity contribution in [3.8, 4) is 0 Å². The van der Waals surface area contributed by atoms with Crippen molar-refractivity contribution in [1.29, 1.82) is 0 Å². The van der Waals surface area contributed by atoms with E-state index in [4.69, 9.17) is 0 Å². The van der Waals surface area contributed by atoms with Crippen LogP contribution in [-0.4, -0.2) is 11.5 Å². The molecule has 0 aliphatic carbocycles. The number of nitrogens with zero attached hydrogens (tertiary/aromatic N) is 1. The minimum Gasteiger partial charge on any atom is -0.311 e. The molecule has 1 N–H and O–H groups in total. The van der Waals surface area contributed by atoms with Gasteiger partial charge in [-0.05, 0) is 52.4 Å². The van der Waals surface area contributed by atoms with E-state index in [1.54, 1.807) is 0 Å². The highest BCUT2D eigenvalue weighted by molar-refractivity contribution is 9.10. The first-order valence-electron chi connectivity index (χ1n) is 6.32. The maximum atomic E-state index is 4.36. The third kappa shape index (κ3) is 5.17. The Labute approximate surface area is 113 Å². The molecule has 0 atom stereocenters. The van der Waals surface area contributed by atoms with Crippen molar-refractivity contribution in [2.75, 3.05) is 6.54 Å². The first-order chi connectivity index (χ1) is 8.00. The van der Waals surface area contributed by atoms with E-state index in [0.29, 0.717) is 0 Å². The van der Waals surface area contributed by atoms with Crippen molar-refractivity contribution >= 4 is 15.9 Å². The summed E-state index contributed by atoms with van der Waals surface area (Å²) in [7, 11) is 0. The average Bonchev–Trinajstić information content (AvgIpc) is 2.25. The van der Waals surface area contributed by atoms with Crippen LogP contribution in [-0.2, 0) is 6.54 Å². The van der Waals surface area contributed by atoms with Crippen molar-refractivity contribution in [3.63, 3.8) is 0 Å². The van der Waals surface area contributed by atoms with Crippen molar-refractivity contribution in [1.82, 2.24) is 10.3 Å². The first kappa shape index (κ1) is 14.7. The summed E-state index contributed by atoms with van der Waals surface area (Å²) in [4.78, 5) is 4.36. The Hall–Kier alpha value is -0.410. The highest BCUT2D eigenvalue weighted by Gasteiger charge is 2.16. The summed E-state index contributed by atoms with van der Waals surface area (Å²) in [6.45, 7) is 11.1. The van der Waals surface area contributed by atoms with E-state index < -0.39 is 0 Å². The van der Waals surface area contributed by atoms with Crippen molar-refractivity contribution in [2.45, 2.75) is 34.2 Å². The van der Waals surface area contributed by atoms with Gasteiger partial charge in [0.2, 0.25) is 0 Å². The van der Waals surface area contributed by atoms with E-state index in [0.717, 1.165) is 41.0 Å². The van der Waals surface area contributed by atoms with E-state index in [1.807, 2.05) is 12.3 Å². The number of halogens is 1. The molecule has 1 heterocycles. The van der Waals surface area contributed by atoms with E-state index in [2.05, 4.69) is 60.0 Å². The van der Waals surface area contributed by atoms with Gasteiger partial charge in [0, 0.05) is 17.2 Å². The third-order valence-corrected chi connectivity index (χ3v) is 3.66. The number of nitrogens with one attached hydrogen (secondary N) is 1. The van der Waals surface area contributed by atoms with Gasteiger partial charge in [-0.15, -0.1) is 0 Å². The molecule has 0 fully saturated rings. The van der Waals surface area contributed by atoms with Gasteiger partial charge in [-0.1, -0.05) is 27.7 Å². The fraction of sp³-hybridized carbons (Fsp3) is 0.643. The maximum Gasteiger partial charge on any atom is 0.0542 e. The molecule has 0 aliphatic heterocycles. The summed E-state index contributed by atoms with van der Waals surface area (Å²) < 4.78 is 1.03. The van der Waals surface area contributed by atoms with Crippen LogP contribution in [0.25, 0.3) is 0 Å². The summed E-state index contributed by atoms with van der Waals surface area (Å²) in [5.74, 6) is 2.17. The SMILES string of the molecule is CC(C)C(CNCc1ccc(Br)cn1)C(C)C. The Morgan fingerprint density at radius 2 is 1.82 bits per heavy atom. The molecule has 0 bridgehead atoms. The molecule has 96 valence electrons. The monoisotopic (exact) mass is 298 g/mol. The fourth-order valence-corrected chi connectivity index (χ4v) is 2.35. The molecule has 0 radical (unpaired) electrons. The van der Waals surface area contributed by atoms with Crippen LogP contribution in [0.2, 0.25) is 0 Å². The van der Waals surface area contributed by atoms with E-state index >= 15 is 0 Å². The van der Waals surface area contributed by atoms with Gasteiger partial charge in [-0.2, -0.15) is 0 Å². The Morgan fingerprint density at radius 3 is 2.29 bits per heavy atom. The van der Waals surface area contributed by atoms with Gasteiger partial charge in [0.15, 0.2) is 0 Å². The van der Waals surface area contributed by atoms with E-state index in [9.17, 15) is 0 Å². The zero-order valence-electron chi connectivity index (χ0n) is 11.2. The smallest absolute Gasteiger partial charge is 0.0542 e. The lowest BCUT2D eigenvalue weighted by Crippen LogP contribution is -2.29. The summed E-state index contributed by atoms with van der Waals surface area (Å²) in [5, 5.41) is 3.51. The van der Waals surface area contributed by atoms with Crippen molar-refractivity contribution < 1.29 is 0 Å². The highest BCUT2D eigenvalue weighted by atomic mass is 79.9. The quantitative estimate of drug-likeness (QED) is 0.862. The minimum atomic E-state index is 0.723. The molecule has 0 spiro atoms. The number of hydrogen-bond donors (Lipinski definition) is 1. The van der Waals surface area contributed by atoms with Gasteiger partial charge in [-0.25, -0.2) is 0 Å². The summed E-state index contributed by atoms with van der Waals surface area (Å²) in [5.41, 5.74) is 1.10. The molecular weight excluding hydrogens is 276 g/mol. The van der Waals surface area contributed by atoms with Crippen LogP contribution in [0.3, 0.4) is 0 Å². The number of rotatable bonds is 6. The van der Waals surface area contributed by atoms with Crippen LogP contribution < -0.4 is 5.32 Å². The predicted octanol–water partition coefficient (Wildman–Crippen LogP) is 3.86. The zero-order chi connectivity index (χ0) is 12.8. The third-order valence-electron chi connectivity index (χ3n) is 3.19. The molecule has 0 aromatic carbocycles. The van der Waals surface area contributed by atoms with Crippen LogP contribution in [0.1, 0.15) is 33.4 Å². The largest absolute Gasteiger partial charge is 0.311 e. The molecule has 2 nitrogen and oxygen atoms in total. The molecular formula is C14H23BrN2. The second kappa shape index (κ2) is 7.12. The molecule has 0 amide bonds. The molecule has 1 aromatic heterocycles.